The Hall–Kier alpha value is -2.50. The van der Waals surface area contributed by atoms with Gasteiger partial charge in [-0.2, -0.15) is 9.98 Å². The summed E-state index contributed by atoms with van der Waals surface area (Å²) in [5.74, 6) is 0. The van der Waals surface area contributed by atoms with Gasteiger partial charge in [-0.25, -0.2) is 24.1 Å². The van der Waals surface area contributed by atoms with E-state index >= 15 is 0 Å². The summed E-state index contributed by atoms with van der Waals surface area (Å²) in [7, 11) is 1.28. The SMILES string of the molecule is CCCCCC(N=C=O)NC(=O)N(C)C(=O)NC(CCCCC)N=C=O. The summed E-state index contributed by atoms with van der Waals surface area (Å²) in [6.45, 7) is 4.07. The van der Waals surface area contributed by atoms with Gasteiger partial charge in [0.25, 0.3) is 0 Å². The molecule has 26 heavy (non-hydrogen) atoms. The average molecular weight is 367 g/mol. The molecule has 0 saturated heterocycles. The molecule has 0 radical (unpaired) electrons. The van der Waals surface area contributed by atoms with Gasteiger partial charge < -0.3 is 10.6 Å². The van der Waals surface area contributed by atoms with Crippen LogP contribution in [0.3, 0.4) is 0 Å². The van der Waals surface area contributed by atoms with Crippen molar-refractivity contribution in [1.82, 2.24) is 15.5 Å². The van der Waals surface area contributed by atoms with E-state index in [1.54, 1.807) is 0 Å². The van der Waals surface area contributed by atoms with Gasteiger partial charge >= 0.3 is 12.1 Å². The highest BCUT2D eigenvalue weighted by Crippen LogP contribution is 2.06. The lowest BCUT2D eigenvalue weighted by atomic mass is 10.2. The molecule has 0 aliphatic carbocycles. The molecular weight excluding hydrogens is 338 g/mol. The summed E-state index contributed by atoms with van der Waals surface area (Å²) >= 11 is 0. The van der Waals surface area contributed by atoms with Gasteiger partial charge in [0.15, 0.2) is 0 Å². The normalized spacial score (nSPS) is 12.1. The van der Waals surface area contributed by atoms with Crippen molar-refractivity contribution in [3.05, 3.63) is 0 Å². The highest BCUT2D eigenvalue weighted by Gasteiger charge is 2.22. The third-order valence-electron chi connectivity index (χ3n) is 3.77. The van der Waals surface area contributed by atoms with Gasteiger partial charge in [0.2, 0.25) is 12.2 Å². The first kappa shape index (κ1) is 23.5. The van der Waals surface area contributed by atoms with E-state index in [-0.39, 0.29) is 0 Å². The van der Waals surface area contributed by atoms with Crippen molar-refractivity contribution in [1.29, 1.82) is 0 Å². The number of carbonyl (C=O) groups excluding carboxylic acids is 4. The molecule has 4 amide bonds. The van der Waals surface area contributed by atoms with Crippen LogP contribution >= 0.6 is 0 Å². The third-order valence-corrected chi connectivity index (χ3v) is 3.77. The Bertz CT molecular complexity index is 481. The fourth-order valence-corrected chi connectivity index (χ4v) is 2.21. The van der Waals surface area contributed by atoms with E-state index in [9.17, 15) is 19.2 Å². The number of urea groups is 2. The molecule has 0 heterocycles. The number of nitrogens with one attached hydrogen (secondary N) is 2. The van der Waals surface area contributed by atoms with Gasteiger partial charge in [0.05, 0.1) is 0 Å². The van der Waals surface area contributed by atoms with Gasteiger partial charge in [-0.3, -0.25) is 0 Å². The quantitative estimate of drug-likeness (QED) is 0.313. The smallest absolute Gasteiger partial charge is 0.315 e. The summed E-state index contributed by atoms with van der Waals surface area (Å²) in [6.07, 6.45) is 7.82. The largest absolute Gasteiger partial charge is 0.326 e. The van der Waals surface area contributed by atoms with Crippen LogP contribution in [0.4, 0.5) is 9.59 Å². The van der Waals surface area contributed by atoms with Crippen molar-refractivity contribution in [2.45, 2.75) is 77.5 Å². The monoisotopic (exact) mass is 367 g/mol. The highest BCUT2D eigenvalue weighted by atomic mass is 16.2. The molecule has 0 aromatic heterocycles. The maximum atomic E-state index is 12.2. The number of rotatable bonds is 12. The third kappa shape index (κ3) is 10.4. The second-order valence-corrected chi connectivity index (χ2v) is 5.92. The fourth-order valence-electron chi connectivity index (χ4n) is 2.21. The van der Waals surface area contributed by atoms with E-state index < -0.39 is 24.4 Å². The minimum Gasteiger partial charge on any atom is -0.315 e. The van der Waals surface area contributed by atoms with E-state index in [0.29, 0.717) is 12.8 Å². The highest BCUT2D eigenvalue weighted by molar-refractivity contribution is 5.93. The standard InChI is InChI=1S/C17H29N5O4/c1-4-6-8-10-14(18-12-23)20-16(25)22(3)17(26)21-15(19-13-24)11-9-7-5-2/h14-15H,4-11H2,1-3H3,(H,20,25)(H,21,26). The summed E-state index contributed by atoms with van der Waals surface area (Å²) in [5.41, 5.74) is 0. The Balaban J connectivity index is 4.67. The zero-order chi connectivity index (χ0) is 19.8. The second kappa shape index (κ2) is 14.8. The number of aliphatic imine (C=N–C) groups is 2. The Kier molecular flexibility index (Phi) is 13.4. The number of isocyanates is 2. The van der Waals surface area contributed by atoms with Crippen LogP contribution in [0.2, 0.25) is 0 Å². The number of amides is 4. The summed E-state index contributed by atoms with van der Waals surface area (Å²) in [5, 5.41) is 5.01. The van der Waals surface area contributed by atoms with Crippen LogP contribution in [0.25, 0.3) is 0 Å². The summed E-state index contributed by atoms with van der Waals surface area (Å²) in [4.78, 5) is 53.2. The molecule has 2 atom stereocenters. The zero-order valence-corrected chi connectivity index (χ0v) is 15.8. The molecule has 0 rings (SSSR count). The Morgan fingerprint density at radius 2 is 1.23 bits per heavy atom. The Labute approximate surface area is 154 Å². The molecular formula is C17H29N5O4. The first-order chi connectivity index (χ1) is 12.5. The zero-order valence-electron chi connectivity index (χ0n) is 15.8. The van der Waals surface area contributed by atoms with E-state index in [2.05, 4.69) is 20.6 Å². The van der Waals surface area contributed by atoms with Crippen LogP contribution < -0.4 is 10.6 Å². The van der Waals surface area contributed by atoms with Crippen molar-refractivity contribution in [2.24, 2.45) is 9.98 Å². The number of nitrogens with zero attached hydrogens (tertiary/aromatic N) is 3. The van der Waals surface area contributed by atoms with E-state index in [4.69, 9.17) is 0 Å². The van der Waals surface area contributed by atoms with Crippen molar-refractivity contribution in [3.8, 4) is 0 Å². The molecule has 0 fully saturated rings. The number of unbranched alkanes of at least 4 members (excludes halogenated alkanes) is 4. The number of imide groups is 1. The lowest BCUT2D eigenvalue weighted by Crippen LogP contribution is -2.50. The van der Waals surface area contributed by atoms with Crippen LogP contribution in [0.15, 0.2) is 9.98 Å². The minimum atomic E-state index is -0.727. The molecule has 0 aliphatic rings. The molecule has 146 valence electrons. The maximum Gasteiger partial charge on any atom is 0.326 e. The maximum absolute atomic E-state index is 12.2. The molecule has 0 spiro atoms. The second-order valence-electron chi connectivity index (χ2n) is 5.92. The predicted octanol–water partition coefficient (Wildman–Crippen LogP) is 2.82. The number of carbonyl (C=O) groups is 2. The van der Waals surface area contributed by atoms with Gasteiger partial charge in [-0.05, 0) is 25.7 Å². The lowest BCUT2D eigenvalue weighted by molar-refractivity contribution is 0.189. The first-order valence-electron chi connectivity index (χ1n) is 8.98. The summed E-state index contributed by atoms with van der Waals surface area (Å²) < 4.78 is 0. The van der Waals surface area contributed by atoms with Crippen molar-refractivity contribution in [2.75, 3.05) is 7.05 Å². The molecule has 2 unspecified atom stereocenters. The van der Waals surface area contributed by atoms with Gasteiger partial charge in [-0.15, -0.1) is 0 Å². The molecule has 9 heteroatoms. The van der Waals surface area contributed by atoms with Crippen LogP contribution in [0.5, 0.6) is 0 Å². The van der Waals surface area contributed by atoms with Crippen molar-refractivity contribution < 1.29 is 19.2 Å². The van der Waals surface area contributed by atoms with E-state index in [0.717, 1.165) is 43.4 Å². The van der Waals surface area contributed by atoms with Gasteiger partial charge in [0, 0.05) is 7.05 Å². The van der Waals surface area contributed by atoms with Gasteiger partial charge in [-0.1, -0.05) is 39.5 Å². The first-order valence-corrected chi connectivity index (χ1v) is 8.98. The number of hydrogen-bond donors (Lipinski definition) is 2. The van der Waals surface area contributed by atoms with Gasteiger partial charge in [0.1, 0.15) is 12.3 Å². The number of hydrogen-bond acceptors (Lipinski definition) is 6. The molecule has 0 aliphatic heterocycles. The molecule has 0 saturated carbocycles. The predicted molar refractivity (Wildman–Crippen MR) is 96.9 cm³/mol. The van der Waals surface area contributed by atoms with E-state index in [1.807, 2.05) is 13.8 Å². The molecule has 9 nitrogen and oxygen atoms in total. The van der Waals surface area contributed by atoms with Crippen LogP contribution in [-0.4, -0.2) is 48.5 Å². The van der Waals surface area contributed by atoms with E-state index in [1.165, 1.54) is 19.2 Å². The Morgan fingerprint density at radius 1 is 0.846 bits per heavy atom. The van der Waals surface area contributed by atoms with Crippen LogP contribution in [-0.2, 0) is 9.59 Å². The minimum absolute atomic E-state index is 0.485. The van der Waals surface area contributed by atoms with Crippen molar-refractivity contribution >= 4 is 24.2 Å². The topological polar surface area (TPSA) is 120 Å². The van der Waals surface area contributed by atoms with Crippen LogP contribution in [0.1, 0.15) is 65.2 Å². The Morgan fingerprint density at radius 3 is 1.54 bits per heavy atom. The summed E-state index contributed by atoms with van der Waals surface area (Å²) in [6, 6.07) is -1.41. The molecule has 0 aromatic carbocycles. The van der Waals surface area contributed by atoms with Crippen molar-refractivity contribution in [3.63, 3.8) is 0 Å². The average Bonchev–Trinajstić information content (AvgIpc) is 2.61. The van der Waals surface area contributed by atoms with Crippen LogP contribution in [0, 0.1) is 0 Å². The molecule has 0 bridgehead atoms. The lowest BCUT2D eigenvalue weighted by Gasteiger charge is -2.21. The fraction of sp³-hybridized carbons (Fsp3) is 0.765. The molecule has 2 N–H and O–H groups in total. The molecule has 0 aromatic rings.